The molecule has 4 heterocycles. The van der Waals surface area contributed by atoms with E-state index in [1.165, 1.54) is 0 Å². The number of halogens is 2. The van der Waals surface area contributed by atoms with Gasteiger partial charge in [0.05, 0.1) is 41.1 Å². The number of carbonyl (C=O) groups excluding carboxylic acids is 2. The number of fused-ring (bicyclic) bond motifs is 3. The van der Waals surface area contributed by atoms with E-state index in [9.17, 15) is 9.59 Å². The van der Waals surface area contributed by atoms with Crippen LogP contribution in [0.5, 0.6) is 0 Å². The van der Waals surface area contributed by atoms with Crippen molar-refractivity contribution < 1.29 is 9.59 Å². The minimum atomic E-state index is -0.141. The lowest BCUT2D eigenvalue weighted by Gasteiger charge is -2.30. The van der Waals surface area contributed by atoms with Gasteiger partial charge >= 0.3 is 0 Å². The van der Waals surface area contributed by atoms with Crippen LogP contribution in [-0.2, 0) is 26.1 Å². The molecule has 3 aromatic rings. The highest BCUT2D eigenvalue weighted by molar-refractivity contribution is 6.42. The average Bonchev–Trinajstić information content (AvgIpc) is 3.16. The van der Waals surface area contributed by atoms with Gasteiger partial charge in [-0.3, -0.25) is 19.3 Å². The molecule has 2 aromatic heterocycles. The Morgan fingerprint density at radius 2 is 1.94 bits per heavy atom. The zero-order chi connectivity index (χ0) is 21.5. The smallest absolute Gasteiger partial charge is 0.272 e. The molecule has 0 N–H and O–H groups in total. The van der Waals surface area contributed by atoms with Crippen molar-refractivity contribution in [3.05, 3.63) is 80.8 Å². The van der Waals surface area contributed by atoms with Crippen LogP contribution in [0.4, 0.5) is 0 Å². The molecule has 158 valence electrons. The van der Waals surface area contributed by atoms with Crippen LogP contribution in [0.25, 0.3) is 0 Å². The predicted molar refractivity (Wildman–Crippen MR) is 116 cm³/mol. The molecule has 0 radical (unpaired) electrons. The van der Waals surface area contributed by atoms with Crippen LogP contribution in [0.1, 0.15) is 37.8 Å². The molecule has 1 aromatic carbocycles. The highest BCUT2D eigenvalue weighted by atomic mass is 35.5. The lowest BCUT2D eigenvalue weighted by molar-refractivity contribution is 0.0668. The summed E-state index contributed by atoms with van der Waals surface area (Å²) in [6, 6.07) is 10.5. The zero-order valence-electron chi connectivity index (χ0n) is 16.6. The monoisotopic (exact) mass is 455 g/mol. The van der Waals surface area contributed by atoms with Gasteiger partial charge in [0.25, 0.3) is 11.8 Å². The standard InChI is InChI=1S/C22H19Cl2N5O2/c23-17-5-4-14(11-18(17)24)21(30)27-8-6-19-16(13-27)20-22(31)28(9-10-29(20)26-19)12-15-3-1-2-7-25-15/h1-5,7,11H,6,8-10,12-13H2. The Bertz CT molecular complexity index is 1180. The van der Waals surface area contributed by atoms with Gasteiger partial charge in [0.1, 0.15) is 5.69 Å². The second kappa shape index (κ2) is 7.98. The van der Waals surface area contributed by atoms with Gasteiger partial charge in [0.15, 0.2) is 0 Å². The van der Waals surface area contributed by atoms with Crippen molar-refractivity contribution in [3.8, 4) is 0 Å². The number of rotatable bonds is 3. The zero-order valence-corrected chi connectivity index (χ0v) is 18.1. The Morgan fingerprint density at radius 3 is 2.71 bits per heavy atom. The summed E-state index contributed by atoms with van der Waals surface area (Å²) in [5.74, 6) is -0.216. The average molecular weight is 456 g/mol. The van der Waals surface area contributed by atoms with E-state index in [-0.39, 0.29) is 11.8 Å². The molecular weight excluding hydrogens is 437 g/mol. The number of aromatic nitrogens is 3. The van der Waals surface area contributed by atoms with E-state index in [0.29, 0.717) is 60.4 Å². The fourth-order valence-corrected chi connectivity index (χ4v) is 4.42. The second-order valence-corrected chi connectivity index (χ2v) is 8.46. The molecule has 0 saturated heterocycles. The molecule has 2 aliphatic heterocycles. The summed E-state index contributed by atoms with van der Waals surface area (Å²) >= 11 is 12.1. The van der Waals surface area contributed by atoms with Crippen molar-refractivity contribution in [1.29, 1.82) is 0 Å². The van der Waals surface area contributed by atoms with Gasteiger partial charge in [-0.2, -0.15) is 5.10 Å². The third kappa shape index (κ3) is 3.68. The number of hydrogen-bond acceptors (Lipinski definition) is 4. The van der Waals surface area contributed by atoms with Crippen LogP contribution < -0.4 is 0 Å². The Labute approximate surface area is 189 Å². The van der Waals surface area contributed by atoms with Crippen molar-refractivity contribution in [3.63, 3.8) is 0 Å². The van der Waals surface area contributed by atoms with Crippen LogP contribution in [0, 0.1) is 0 Å². The summed E-state index contributed by atoms with van der Waals surface area (Å²) in [4.78, 5) is 34.2. The molecule has 0 bridgehead atoms. The summed E-state index contributed by atoms with van der Waals surface area (Å²) in [5, 5.41) is 5.40. The van der Waals surface area contributed by atoms with E-state index in [1.54, 1.807) is 38.9 Å². The Hall–Kier alpha value is -2.90. The molecule has 0 unspecified atom stereocenters. The van der Waals surface area contributed by atoms with E-state index < -0.39 is 0 Å². The van der Waals surface area contributed by atoms with E-state index in [0.717, 1.165) is 17.0 Å². The molecular formula is C22H19Cl2N5O2. The molecule has 0 aliphatic carbocycles. The second-order valence-electron chi connectivity index (χ2n) is 7.65. The first-order valence-corrected chi connectivity index (χ1v) is 10.8. The Morgan fingerprint density at radius 1 is 1.06 bits per heavy atom. The quantitative estimate of drug-likeness (QED) is 0.606. The minimum absolute atomic E-state index is 0.0745. The molecule has 31 heavy (non-hydrogen) atoms. The van der Waals surface area contributed by atoms with Crippen LogP contribution in [0.15, 0.2) is 42.6 Å². The lowest BCUT2D eigenvalue weighted by atomic mass is 10.0. The summed E-state index contributed by atoms with van der Waals surface area (Å²) in [6.07, 6.45) is 2.33. The molecule has 9 heteroatoms. The van der Waals surface area contributed by atoms with E-state index in [4.69, 9.17) is 23.2 Å². The lowest BCUT2D eigenvalue weighted by Crippen LogP contribution is -2.41. The fourth-order valence-electron chi connectivity index (χ4n) is 4.12. The molecule has 2 aliphatic rings. The number of hydrogen-bond donors (Lipinski definition) is 0. The van der Waals surface area contributed by atoms with Crippen molar-refractivity contribution in [2.45, 2.75) is 26.1 Å². The van der Waals surface area contributed by atoms with Gasteiger partial charge in [-0.05, 0) is 30.3 Å². The maximum atomic E-state index is 13.3. The summed E-state index contributed by atoms with van der Waals surface area (Å²) < 4.78 is 1.79. The number of carbonyl (C=O) groups is 2. The fraction of sp³-hybridized carbons (Fsp3) is 0.273. The van der Waals surface area contributed by atoms with Gasteiger partial charge in [-0.15, -0.1) is 0 Å². The Kier molecular flexibility index (Phi) is 5.16. The van der Waals surface area contributed by atoms with E-state index >= 15 is 0 Å². The van der Waals surface area contributed by atoms with Gasteiger partial charge in [-0.25, -0.2) is 0 Å². The molecule has 7 nitrogen and oxygen atoms in total. The number of nitrogens with zero attached hydrogens (tertiary/aromatic N) is 5. The Balaban J connectivity index is 1.40. The predicted octanol–water partition coefficient (Wildman–Crippen LogP) is 3.44. The van der Waals surface area contributed by atoms with Crippen molar-refractivity contribution >= 4 is 35.0 Å². The highest BCUT2D eigenvalue weighted by Crippen LogP contribution is 2.28. The minimum Gasteiger partial charge on any atom is -0.334 e. The molecule has 0 fully saturated rings. The molecule has 0 saturated carbocycles. The highest BCUT2D eigenvalue weighted by Gasteiger charge is 2.35. The van der Waals surface area contributed by atoms with Crippen molar-refractivity contribution in [2.75, 3.05) is 13.1 Å². The molecule has 5 rings (SSSR count). The van der Waals surface area contributed by atoms with E-state index in [2.05, 4.69) is 10.1 Å². The van der Waals surface area contributed by atoms with E-state index in [1.807, 2.05) is 18.2 Å². The maximum absolute atomic E-state index is 13.3. The SMILES string of the molecule is O=C(c1ccc(Cl)c(Cl)c1)N1CCc2nn3c(c2C1)C(=O)N(Cc1ccccn1)CC3. The van der Waals surface area contributed by atoms with Crippen molar-refractivity contribution in [1.82, 2.24) is 24.6 Å². The topological polar surface area (TPSA) is 71.3 Å². The first kappa shape index (κ1) is 20.0. The summed E-state index contributed by atoms with van der Waals surface area (Å²) in [5.41, 5.74) is 3.61. The molecule has 0 spiro atoms. The first-order valence-electron chi connectivity index (χ1n) is 10.0. The third-order valence-corrected chi connectivity index (χ3v) is 6.44. The van der Waals surface area contributed by atoms with Crippen molar-refractivity contribution in [2.24, 2.45) is 0 Å². The normalized spacial score (nSPS) is 15.6. The van der Waals surface area contributed by atoms with Gasteiger partial charge in [-0.1, -0.05) is 29.3 Å². The van der Waals surface area contributed by atoms with Crippen LogP contribution in [0.3, 0.4) is 0 Å². The van der Waals surface area contributed by atoms with Gasteiger partial charge < -0.3 is 9.80 Å². The molecule has 0 atom stereocenters. The van der Waals surface area contributed by atoms with Crippen LogP contribution >= 0.6 is 23.2 Å². The largest absolute Gasteiger partial charge is 0.334 e. The third-order valence-electron chi connectivity index (χ3n) is 5.71. The van der Waals surface area contributed by atoms with Crippen LogP contribution in [-0.4, -0.2) is 49.5 Å². The van der Waals surface area contributed by atoms with Crippen LogP contribution in [0.2, 0.25) is 10.0 Å². The maximum Gasteiger partial charge on any atom is 0.272 e. The number of benzene rings is 1. The van der Waals surface area contributed by atoms with Gasteiger partial charge in [0, 0.05) is 36.8 Å². The number of pyridine rings is 1. The summed E-state index contributed by atoms with van der Waals surface area (Å²) in [6.45, 7) is 2.53. The molecule has 2 amide bonds. The van der Waals surface area contributed by atoms with Gasteiger partial charge in [0.2, 0.25) is 0 Å². The number of amides is 2. The first-order chi connectivity index (χ1) is 15.0. The summed E-state index contributed by atoms with van der Waals surface area (Å²) in [7, 11) is 0.